The van der Waals surface area contributed by atoms with Gasteiger partial charge in [0, 0.05) is 6.92 Å². The van der Waals surface area contributed by atoms with Crippen LogP contribution < -0.4 is 0 Å². The molecule has 0 amide bonds. The standard InChI is InChI=1S/C15H28O4/c1-4-5-6-7-8-9-10-11-12-14(15(17)18-3)19-13(2)16/h14H,4-12H2,1-3H3. The largest absolute Gasteiger partial charge is 0.466 e. The van der Waals surface area contributed by atoms with Gasteiger partial charge in [0.2, 0.25) is 0 Å². The van der Waals surface area contributed by atoms with E-state index < -0.39 is 18.0 Å². The van der Waals surface area contributed by atoms with Crippen molar-refractivity contribution in [3.05, 3.63) is 0 Å². The van der Waals surface area contributed by atoms with Gasteiger partial charge < -0.3 is 9.47 Å². The molecule has 19 heavy (non-hydrogen) atoms. The molecule has 0 fully saturated rings. The van der Waals surface area contributed by atoms with Crippen molar-refractivity contribution >= 4 is 11.9 Å². The molecule has 0 N–H and O–H groups in total. The van der Waals surface area contributed by atoms with Gasteiger partial charge in [0.25, 0.3) is 0 Å². The van der Waals surface area contributed by atoms with Crippen LogP contribution in [0.5, 0.6) is 0 Å². The topological polar surface area (TPSA) is 52.6 Å². The van der Waals surface area contributed by atoms with E-state index in [2.05, 4.69) is 11.7 Å². The fraction of sp³-hybridized carbons (Fsp3) is 0.867. The SMILES string of the molecule is CCCCCCCCCCC(OC(C)=O)C(=O)OC. The van der Waals surface area contributed by atoms with Crippen molar-refractivity contribution in [1.29, 1.82) is 0 Å². The van der Waals surface area contributed by atoms with Gasteiger partial charge in [-0.1, -0.05) is 51.9 Å². The van der Waals surface area contributed by atoms with Crippen LogP contribution in [0, 0.1) is 0 Å². The third kappa shape index (κ3) is 10.5. The minimum atomic E-state index is -0.734. The lowest BCUT2D eigenvalue weighted by atomic mass is 10.1. The molecule has 112 valence electrons. The number of rotatable bonds is 11. The summed E-state index contributed by atoms with van der Waals surface area (Å²) in [4.78, 5) is 22.3. The van der Waals surface area contributed by atoms with Gasteiger partial charge in [0.15, 0.2) is 6.10 Å². The van der Waals surface area contributed by atoms with E-state index in [1.807, 2.05) is 0 Å². The Bertz CT molecular complexity index is 251. The molecule has 1 atom stereocenters. The van der Waals surface area contributed by atoms with Gasteiger partial charge in [0.1, 0.15) is 0 Å². The molecule has 4 heteroatoms. The lowest BCUT2D eigenvalue weighted by Crippen LogP contribution is -2.27. The highest BCUT2D eigenvalue weighted by Crippen LogP contribution is 2.12. The summed E-state index contributed by atoms with van der Waals surface area (Å²) in [6, 6.07) is 0. The van der Waals surface area contributed by atoms with Gasteiger partial charge in [0.05, 0.1) is 7.11 Å². The number of methoxy groups -OCH3 is 1. The van der Waals surface area contributed by atoms with E-state index in [0.717, 1.165) is 12.8 Å². The first-order chi connectivity index (χ1) is 9.11. The first-order valence-corrected chi connectivity index (χ1v) is 7.36. The van der Waals surface area contributed by atoms with Gasteiger partial charge in [-0.3, -0.25) is 4.79 Å². The van der Waals surface area contributed by atoms with Crippen LogP contribution in [-0.2, 0) is 19.1 Å². The number of esters is 2. The molecule has 0 radical (unpaired) electrons. The second-order valence-corrected chi connectivity index (χ2v) is 4.88. The number of carbonyl (C=O) groups excluding carboxylic acids is 2. The molecule has 0 aliphatic carbocycles. The quantitative estimate of drug-likeness (QED) is 0.426. The predicted octanol–water partition coefficient (Wildman–Crippen LogP) is 3.62. The Morgan fingerprint density at radius 3 is 1.95 bits per heavy atom. The monoisotopic (exact) mass is 272 g/mol. The van der Waals surface area contributed by atoms with Crippen LogP contribution in [0.2, 0.25) is 0 Å². The van der Waals surface area contributed by atoms with Gasteiger partial charge in [-0.05, 0) is 12.8 Å². The molecule has 0 spiro atoms. The lowest BCUT2D eigenvalue weighted by Gasteiger charge is -2.14. The maximum Gasteiger partial charge on any atom is 0.347 e. The second kappa shape index (κ2) is 12.0. The zero-order chi connectivity index (χ0) is 14.5. The highest BCUT2D eigenvalue weighted by atomic mass is 16.6. The molecular weight excluding hydrogens is 244 g/mol. The van der Waals surface area contributed by atoms with E-state index in [-0.39, 0.29) is 0 Å². The molecule has 0 aromatic carbocycles. The maximum atomic E-state index is 11.4. The lowest BCUT2D eigenvalue weighted by molar-refractivity contribution is -0.165. The molecule has 0 saturated carbocycles. The fourth-order valence-electron chi connectivity index (χ4n) is 2.02. The Labute approximate surface area is 116 Å². The molecule has 0 aliphatic heterocycles. The maximum absolute atomic E-state index is 11.4. The van der Waals surface area contributed by atoms with E-state index in [1.54, 1.807) is 0 Å². The summed E-state index contributed by atoms with van der Waals surface area (Å²) in [6.45, 7) is 3.52. The van der Waals surface area contributed by atoms with Crippen LogP contribution in [0.15, 0.2) is 0 Å². The molecule has 0 aromatic rings. The predicted molar refractivity (Wildman–Crippen MR) is 74.8 cm³/mol. The summed E-state index contributed by atoms with van der Waals surface area (Å²) in [5, 5.41) is 0. The van der Waals surface area contributed by atoms with E-state index in [4.69, 9.17) is 4.74 Å². The zero-order valence-electron chi connectivity index (χ0n) is 12.6. The minimum Gasteiger partial charge on any atom is -0.466 e. The normalized spacial score (nSPS) is 11.9. The minimum absolute atomic E-state index is 0.435. The summed E-state index contributed by atoms with van der Waals surface area (Å²) in [5.41, 5.74) is 0. The molecule has 0 aromatic heterocycles. The first-order valence-electron chi connectivity index (χ1n) is 7.36. The van der Waals surface area contributed by atoms with E-state index in [1.165, 1.54) is 52.6 Å². The molecule has 0 heterocycles. The number of hydrogen-bond donors (Lipinski definition) is 0. The summed E-state index contributed by atoms with van der Waals surface area (Å²) >= 11 is 0. The van der Waals surface area contributed by atoms with Crippen LogP contribution in [0.4, 0.5) is 0 Å². The van der Waals surface area contributed by atoms with Crippen LogP contribution in [-0.4, -0.2) is 25.2 Å². The summed E-state index contributed by atoms with van der Waals surface area (Å²) in [6.07, 6.45) is 9.40. The van der Waals surface area contributed by atoms with Crippen LogP contribution >= 0.6 is 0 Å². The Morgan fingerprint density at radius 1 is 0.947 bits per heavy atom. The van der Waals surface area contributed by atoms with Crippen molar-refractivity contribution < 1.29 is 19.1 Å². The van der Waals surface area contributed by atoms with E-state index >= 15 is 0 Å². The molecule has 0 saturated heterocycles. The highest BCUT2D eigenvalue weighted by Gasteiger charge is 2.21. The number of hydrogen-bond acceptors (Lipinski definition) is 4. The average molecular weight is 272 g/mol. The third-order valence-electron chi connectivity index (χ3n) is 3.09. The summed E-state index contributed by atoms with van der Waals surface area (Å²) in [7, 11) is 1.31. The molecule has 0 aliphatic rings. The van der Waals surface area contributed by atoms with Crippen molar-refractivity contribution in [2.75, 3.05) is 7.11 Å². The molecule has 0 bridgehead atoms. The van der Waals surface area contributed by atoms with Crippen LogP contribution in [0.25, 0.3) is 0 Å². The van der Waals surface area contributed by atoms with Crippen LogP contribution in [0.3, 0.4) is 0 Å². The fourth-order valence-corrected chi connectivity index (χ4v) is 2.02. The molecule has 1 unspecified atom stereocenters. The Morgan fingerprint density at radius 2 is 1.47 bits per heavy atom. The Hall–Kier alpha value is -1.06. The van der Waals surface area contributed by atoms with E-state index in [0.29, 0.717) is 6.42 Å². The van der Waals surface area contributed by atoms with Gasteiger partial charge >= 0.3 is 11.9 Å². The summed E-state index contributed by atoms with van der Waals surface area (Å²) in [5.74, 6) is -0.895. The number of carbonyl (C=O) groups is 2. The first kappa shape index (κ1) is 17.9. The number of unbranched alkanes of at least 4 members (excludes halogenated alkanes) is 7. The number of ether oxygens (including phenoxy) is 2. The molecular formula is C15H28O4. The van der Waals surface area contributed by atoms with Crippen molar-refractivity contribution in [2.45, 2.75) is 77.7 Å². The average Bonchev–Trinajstić information content (AvgIpc) is 2.39. The second-order valence-electron chi connectivity index (χ2n) is 4.88. The van der Waals surface area contributed by atoms with Crippen LogP contribution in [0.1, 0.15) is 71.6 Å². The van der Waals surface area contributed by atoms with Gasteiger partial charge in [-0.15, -0.1) is 0 Å². The summed E-state index contributed by atoms with van der Waals surface area (Å²) < 4.78 is 9.57. The Balaban J connectivity index is 3.63. The van der Waals surface area contributed by atoms with Crippen molar-refractivity contribution in [3.63, 3.8) is 0 Å². The Kier molecular flexibility index (Phi) is 11.3. The van der Waals surface area contributed by atoms with Crippen molar-refractivity contribution in [2.24, 2.45) is 0 Å². The third-order valence-corrected chi connectivity index (χ3v) is 3.09. The highest BCUT2D eigenvalue weighted by molar-refractivity contribution is 5.78. The van der Waals surface area contributed by atoms with Gasteiger partial charge in [-0.25, -0.2) is 4.79 Å². The molecule has 4 nitrogen and oxygen atoms in total. The molecule has 0 rings (SSSR count). The zero-order valence-corrected chi connectivity index (χ0v) is 12.6. The van der Waals surface area contributed by atoms with Crippen molar-refractivity contribution in [3.8, 4) is 0 Å². The smallest absolute Gasteiger partial charge is 0.347 e. The van der Waals surface area contributed by atoms with E-state index in [9.17, 15) is 9.59 Å². The van der Waals surface area contributed by atoms with Crippen molar-refractivity contribution in [1.82, 2.24) is 0 Å². The van der Waals surface area contributed by atoms with Gasteiger partial charge in [-0.2, -0.15) is 0 Å².